The lowest BCUT2D eigenvalue weighted by atomic mass is 10.1. The summed E-state index contributed by atoms with van der Waals surface area (Å²) < 4.78 is 16.0. The summed E-state index contributed by atoms with van der Waals surface area (Å²) >= 11 is 1.36. The second-order valence-electron chi connectivity index (χ2n) is 6.14. The van der Waals surface area contributed by atoms with Crippen molar-refractivity contribution in [3.05, 3.63) is 39.8 Å². The maximum atomic E-state index is 13.0. The summed E-state index contributed by atoms with van der Waals surface area (Å²) in [5.74, 6) is -0.0652. The lowest BCUT2D eigenvalue weighted by Gasteiger charge is -2.14. The molecule has 0 unspecified atom stereocenters. The third-order valence-electron chi connectivity index (χ3n) is 3.99. The molecule has 0 radical (unpaired) electrons. The number of aryl methyl sites for hydroxylation is 1. The molecule has 0 saturated carbocycles. The van der Waals surface area contributed by atoms with Crippen molar-refractivity contribution in [2.75, 3.05) is 19.5 Å². The number of nitrogens with one attached hydrogen (secondary N) is 1. The van der Waals surface area contributed by atoms with E-state index < -0.39 is 11.9 Å². The molecule has 2 rings (SSSR count). The Hall–Kier alpha value is -2.54. The maximum absolute atomic E-state index is 13.0. The van der Waals surface area contributed by atoms with Gasteiger partial charge in [0.2, 0.25) is 0 Å². The van der Waals surface area contributed by atoms with E-state index in [9.17, 15) is 9.59 Å². The molecule has 6 nitrogen and oxygen atoms in total. The number of hydrogen-bond acceptors (Lipinski definition) is 6. The number of carbonyl (C=O) groups is 2. The maximum Gasteiger partial charge on any atom is 0.341 e. The van der Waals surface area contributed by atoms with Gasteiger partial charge in [-0.1, -0.05) is 13.0 Å². The van der Waals surface area contributed by atoms with Crippen molar-refractivity contribution in [2.45, 2.75) is 40.2 Å². The fourth-order valence-electron chi connectivity index (χ4n) is 2.82. The number of hydrogen-bond donors (Lipinski definition) is 1. The van der Waals surface area contributed by atoms with Gasteiger partial charge in [-0.2, -0.15) is 0 Å². The molecule has 1 aromatic heterocycles. The number of benzene rings is 1. The van der Waals surface area contributed by atoms with Gasteiger partial charge in [-0.05, 0) is 44.9 Å². The van der Waals surface area contributed by atoms with Crippen molar-refractivity contribution in [1.29, 1.82) is 0 Å². The van der Waals surface area contributed by atoms with Crippen LogP contribution in [0.3, 0.4) is 0 Å². The van der Waals surface area contributed by atoms with Gasteiger partial charge in [0.05, 0.1) is 25.9 Å². The van der Waals surface area contributed by atoms with Crippen molar-refractivity contribution >= 4 is 28.2 Å². The Labute approximate surface area is 163 Å². The van der Waals surface area contributed by atoms with Crippen LogP contribution in [0.2, 0.25) is 0 Å². The Morgan fingerprint density at radius 2 is 1.70 bits per heavy atom. The number of anilines is 1. The smallest absolute Gasteiger partial charge is 0.341 e. The van der Waals surface area contributed by atoms with Crippen LogP contribution in [-0.4, -0.2) is 32.2 Å². The van der Waals surface area contributed by atoms with Crippen LogP contribution in [0.4, 0.5) is 5.00 Å². The van der Waals surface area contributed by atoms with E-state index in [1.165, 1.54) is 25.6 Å². The molecular formula is C20H25NO5S. The minimum Gasteiger partial charge on any atom is -0.496 e. The summed E-state index contributed by atoms with van der Waals surface area (Å²) in [6.07, 6.45) is 0.416. The zero-order valence-corrected chi connectivity index (χ0v) is 17.3. The van der Waals surface area contributed by atoms with Gasteiger partial charge in [-0.25, -0.2) is 4.79 Å². The third-order valence-corrected chi connectivity index (χ3v) is 5.05. The van der Waals surface area contributed by atoms with Gasteiger partial charge >= 0.3 is 5.97 Å². The first-order valence-electron chi connectivity index (χ1n) is 8.69. The largest absolute Gasteiger partial charge is 0.496 e. The molecule has 0 aliphatic rings. The number of methoxy groups -OCH3 is 2. The normalized spacial score (nSPS) is 10.6. The average molecular weight is 391 g/mol. The number of esters is 1. The quantitative estimate of drug-likeness (QED) is 0.706. The van der Waals surface area contributed by atoms with E-state index in [0.29, 0.717) is 28.5 Å². The van der Waals surface area contributed by atoms with Crippen molar-refractivity contribution in [2.24, 2.45) is 0 Å². The van der Waals surface area contributed by atoms with Crippen LogP contribution in [0.5, 0.6) is 11.5 Å². The molecule has 0 fully saturated rings. The van der Waals surface area contributed by atoms with Crippen molar-refractivity contribution in [3.63, 3.8) is 0 Å². The highest BCUT2D eigenvalue weighted by Gasteiger charge is 2.26. The molecule has 0 aliphatic heterocycles. The van der Waals surface area contributed by atoms with Crippen LogP contribution in [0.1, 0.15) is 51.9 Å². The minimum absolute atomic E-state index is 0.250. The Bertz CT molecular complexity index is 819. The first-order valence-corrected chi connectivity index (χ1v) is 9.51. The fourth-order valence-corrected chi connectivity index (χ4v) is 3.95. The molecule has 146 valence electrons. The monoisotopic (exact) mass is 391 g/mol. The molecule has 1 amide bonds. The summed E-state index contributed by atoms with van der Waals surface area (Å²) in [5, 5.41) is 3.31. The summed E-state index contributed by atoms with van der Waals surface area (Å²) in [5.41, 5.74) is 1.57. The van der Waals surface area contributed by atoms with Gasteiger partial charge in [-0.15, -0.1) is 11.3 Å². The van der Waals surface area contributed by atoms with Gasteiger partial charge in [0, 0.05) is 4.88 Å². The van der Waals surface area contributed by atoms with Crippen LogP contribution < -0.4 is 14.8 Å². The van der Waals surface area contributed by atoms with Crippen LogP contribution in [0.25, 0.3) is 0 Å². The van der Waals surface area contributed by atoms with Gasteiger partial charge < -0.3 is 19.5 Å². The lowest BCUT2D eigenvalue weighted by molar-refractivity contribution is 0.0378. The molecule has 0 saturated heterocycles. The molecule has 0 atom stereocenters. The topological polar surface area (TPSA) is 73.9 Å². The van der Waals surface area contributed by atoms with E-state index in [-0.39, 0.29) is 11.7 Å². The van der Waals surface area contributed by atoms with Crippen LogP contribution >= 0.6 is 11.3 Å². The van der Waals surface area contributed by atoms with Gasteiger partial charge in [-0.3, -0.25) is 4.79 Å². The standard InChI is InChI=1S/C20H25NO5S/c1-7-13-12(4)27-19(16(13)20(23)26-11(2)3)21-18(22)17-14(24-5)9-8-10-15(17)25-6/h8-11H,7H2,1-6H3,(H,21,22). The zero-order valence-electron chi connectivity index (χ0n) is 16.5. The Kier molecular flexibility index (Phi) is 6.85. The molecule has 0 bridgehead atoms. The molecule has 1 aromatic carbocycles. The molecule has 0 aliphatic carbocycles. The van der Waals surface area contributed by atoms with E-state index in [4.69, 9.17) is 14.2 Å². The van der Waals surface area contributed by atoms with Crippen LogP contribution in [-0.2, 0) is 11.2 Å². The number of amides is 1. The predicted octanol–water partition coefficient (Wildman–Crippen LogP) is 4.45. The molecule has 27 heavy (non-hydrogen) atoms. The van der Waals surface area contributed by atoms with Gasteiger partial charge in [0.25, 0.3) is 5.91 Å². The highest BCUT2D eigenvalue weighted by atomic mass is 32.1. The second-order valence-corrected chi connectivity index (χ2v) is 7.36. The summed E-state index contributed by atoms with van der Waals surface area (Å²) in [4.78, 5) is 26.5. The summed E-state index contributed by atoms with van der Waals surface area (Å²) in [7, 11) is 2.98. The number of carbonyl (C=O) groups excluding carboxylic acids is 2. The first kappa shape index (κ1) is 20.8. The highest BCUT2D eigenvalue weighted by Crippen LogP contribution is 2.36. The molecular weight excluding hydrogens is 366 g/mol. The van der Waals surface area contributed by atoms with Crippen molar-refractivity contribution < 1.29 is 23.8 Å². The SMILES string of the molecule is CCc1c(C)sc(NC(=O)c2c(OC)cccc2OC)c1C(=O)OC(C)C. The van der Waals surface area contributed by atoms with Gasteiger partial charge in [0.1, 0.15) is 22.1 Å². The zero-order chi connectivity index (χ0) is 20.1. The van der Waals surface area contributed by atoms with Gasteiger partial charge in [0.15, 0.2) is 0 Å². The Morgan fingerprint density at radius 1 is 1.11 bits per heavy atom. The van der Waals surface area contributed by atoms with E-state index in [1.807, 2.05) is 13.8 Å². The van der Waals surface area contributed by atoms with Crippen molar-refractivity contribution in [3.8, 4) is 11.5 Å². The summed E-state index contributed by atoms with van der Waals surface area (Å²) in [6.45, 7) is 7.48. The Morgan fingerprint density at radius 3 is 2.19 bits per heavy atom. The molecule has 7 heteroatoms. The predicted molar refractivity (Wildman–Crippen MR) is 106 cm³/mol. The highest BCUT2D eigenvalue weighted by molar-refractivity contribution is 7.16. The summed E-state index contributed by atoms with van der Waals surface area (Å²) in [6, 6.07) is 5.11. The van der Waals surface area contributed by atoms with Crippen LogP contribution in [0.15, 0.2) is 18.2 Å². The van der Waals surface area contributed by atoms with E-state index >= 15 is 0 Å². The first-order chi connectivity index (χ1) is 12.8. The fraction of sp³-hybridized carbons (Fsp3) is 0.400. The third kappa shape index (κ3) is 4.42. The van der Waals surface area contributed by atoms with Crippen LogP contribution in [0, 0.1) is 6.92 Å². The molecule has 0 spiro atoms. The number of ether oxygens (including phenoxy) is 3. The number of thiophene rings is 1. The molecule has 2 aromatic rings. The second kappa shape index (κ2) is 8.90. The van der Waals surface area contributed by atoms with E-state index in [0.717, 1.165) is 10.4 Å². The minimum atomic E-state index is -0.437. The lowest BCUT2D eigenvalue weighted by Crippen LogP contribution is -2.18. The molecule has 1 N–H and O–H groups in total. The van der Waals surface area contributed by atoms with E-state index in [2.05, 4.69) is 5.32 Å². The average Bonchev–Trinajstić information content (AvgIpc) is 2.95. The number of rotatable bonds is 7. The Balaban J connectivity index is 2.46. The van der Waals surface area contributed by atoms with E-state index in [1.54, 1.807) is 32.0 Å². The molecule has 1 heterocycles. The van der Waals surface area contributed by atoms with Crippen molar-refractivity contribution in [1.82, 2.24) is 0 Å².